The minimum Gasteiger partial charge on any atom is -0.393 e. The second kappa shape index (κ2) is 20.7. The average molecular weight is 583 g/mol. The zero-order valence-corrected chi connectivity index (χ0v) is 28.0. The molecule has 6 heteroatoms. The molecule has 0 saturated carbocycles. The van der Waals surface area contributed by atoms with Crippen molar-refractivity contribution in [3.8, 4) is 0 Å². The van der Waals surface area contributed by atoms with E-state index >= 15 is 0 Å². The highest BCUT2D eigenvalue weighted by atomic mass is 16.4. The summed E-state index contributed by atoms with van der Waals surface area (Å²) in [6.45, 7) is 15.8. The number of hydrogen-bond acceptors (Lipinski definition) is 6. The molecule has 0 radical (unpaired) electrons. The van der Waals surface area contributed by atoms with Gasteiger partial charge in [-0.05, 0) is 48.9 Å². The minimum absolute atomic E-state index is 0.107. The molecular formula is C35H66O6. The van der Waals surface area contributed by atoms with E-state index in [1.807, 2.05) is 20.8 Å². The predicted molar refractivity (Wildman–Crippen MR) is 169 cm³/mol. The first-order valence-electron chi connectivity index (χ1n) is 16.8. The summed E-state index contributed by atoms with van der Waals surface area (Å²) in [6.07, 6.45) is 11.3. The van der Waals surface area contributed by atoms with Crippen molar-refractivity contribution in [2.24, 2.45) is 29.6 Å². The van der Waals surface area contributed by atoms with Crippen molar-refractivity contribution >= 4 is 17.3 Å². The van der Waals surface area contributed by atoms with Gasteiger partial charge in [0.15, 0.2) is 23.0 Å². The Labute approximate surface area is 252 Å². The fourth-order valence-electron chi connectivity index (χ4n) is 5.65. The van der Waals surface area contributed by atoms with Gasteiger partial charge in [0.2, 0.25) is 5.60 Å². The van der Waals surface area contributed by atoms with Gasteiger partial charge in [-0.1, -0.05) is 120 Å². The summed E-state index contributed by atoms with van der Waals surface area (Å²) in [5.41, 5.74) is -5.79. The smallest absolute Gasteiger partial charge is 0.219 e. The van der Waals surface area contributed by atoms with E-state index in [4.69, 9.17) is 0 Å². The lowest BCUT2D eigenvalue weighted by atomic mass is 9.70. The van der Waals surface area contributed by atoms with E-state index < -0.39 is 35.2 Å². The van der Waals surface area contributed by atoms with E-state index in [1.165, 1.54) is 0 Å². The molecule has 0 aromatic rings. The van der Waals surface area contributed by atoms with Crippen LogP contribution in [-0.4, -0.2) is 50.5 Å². The quantitative estimate of drug-likeness (QED) is 0.0714. The van der Waals surface area contributed by atoms with Gasteiger partial charge in [0.25, 0.3) is 0 Å². The summed E-state index contributed by atoms with van der Waals surface area (Å²) in [6, 6.07) is 0. The number of ketones is 3. The van der Waals surface area contributed by atoms with Crippen LogP contribution < -0.4 is 0 Å². The lowest BCUT2D eigenvalue weighted by molar-refractivity contribution is -0.194. The Balaban J connectivity index is 5.75. The van der Waals surface area contributed by atoms with E-state index in [2.05, 4.69) is 34.6 Å². The predicted octanol–water partition coefficient (Wildman–Crippen LogP) is 7.63. The van der Waals surface area contributed by atoms with Gasteiger partial charge in [0, 0.05) is 19.3 Å². The molecule has 0 aliphatic carbocycles. The van der Waals surface area contributed by atoms with E-state index in [1.54, 1.807) is 0 Å². The van der Waals surface area contributed by atoms with Crippen molar-refractivity contribution in [1.29, 1.82) is 0 Å². The summed E-state index contributed by atoms with van der Waals surface area (Å²) in [4.78, 5) is 40.6. The molecule has 0 aromatic heterocycles. The summed E-state index contributed by atoms with van der Waals surface area (Å²) < 4.78 is 0. The molecule has 41 heavy (non-hydrogen) atoms. The lowest BCUT2D eigenvalue weighted by Crippen LogP contribution is -2.69. The van der Waals surface area contributed by atoms with Crippen LogP contribution in [0.3, 0.4) is 0 Å². The van der Waals surface area contributed by atoms with Gasteiger partial charge < -0.3 is 15.3 Å². The molecule has 0 aliphatic rings. The van der Waals surface area contributed by atoms with Crippen LogP contribution >= 0.6 is 0 Å². The number of carbonyl (C=O) groups is 3. The lowest BCUT2D eigenvalue weighted by Gasteiger charge is -2.39. The van der Waals surface area contributed by atoms with Crippen LogP contribution in [0.5, 0.6) is 0 Å². The van der Waals surface area contributed by atoms with Crippen LogP contribution in [0.2, 0.25) is 0 Å². The molecule has 4 atom stereocenters. The molecule has 3 N–H and O–H groups in total. The molecule has 0 spiro atoms. The summed E-state index contributed by atoms with van der Waals surface area (Å²) in [5, 5.41) is 33.6. The molecule has 4 unspecified atom stereocenters. The maximum Gasteiger partial charge on any atom is 0.219 e. The van der Waals surface area contributed by atoms with Crippen LogP contribution in [-0.2, 0) is 14.4 Å². The van der Waals surface area contributed by atoms with Crippen LogP contribution in [0.25, 0.3) is 0 Å². The molecule has 0 aromatic carbocycles. The molecule has 0 aliphatic heterocycles. The first-order valence-corrected chi connectivity index (χ1v) is 16.8. The Morgan fingerprint density at radius 1 is 0.537 bits per heavy atom. The van der Waals surface area contributed by atoms with Crippen molar-refractivity contribution in [2.45, 2.75) is 169 Å². The van der Waals surface area contributed by atoms with Crippen LogP contribution in [0.15, 0.2) is 0 Å². The second-order valence-corrected chi connectivity index (χ2v) is 14.1. The van der Waals surface area contributed by atoms with Crippen molar-refractivity contribution in [3.05, 3.63) is 0 Å². The molecule has 0 rings (SSSR count). The number of Topliss-reactive ketones (excluding diaryl/α,β-unsaturated/α-hetero) is 3. The molecule has 6 nitrogen and oxygen atoms in total. The molecule has 0 heterocycles. The van der Waals surface area contributed by atoms with Gasteiger partial charge >= 0.3 is 0 Å². The van der Waals surface area contributed by atoms with Crippen molar-refractivity contribution in [3.63, 3.8) is 0 Å². The normalized spacial score (nSPS) is 17.2. The fraction of sp³-hybridized carbons (Fsp3) is 0.914. The first-order chi connectivity index (χ1) is 19.1. The summed E-state index contributed by atoms with van der Waals surface area (Å²) >= 11 is 0. The Morgan fingerprint density at radius 3 is 1.24 bits per heavy atom. The number of aliphatic hydroxyl groups is 3. The fourth-order valence-corrected chi connectivity index (χ4v) is 5.65. The van der Waals surface area contributed by atoms with E-state index in [0.29, 0.717) is 31.1 Å². The Kier molecular flexibility index (Phi) is 20.2. The van der Waals surface area contributed by atoms with Gasteiger partial charge in [-0.2, -0.15) is 0 Å². The standard InChI is InChI=1S/C35H66O6/c1-9-10-11-16-28(6)19-22-31(37)34(40,25-36)35(41,32(38)23-20-29(7)17-12-14-26(2)3)33(39)24-21-30(8)18-13-15-27(4)5/h26-30,36,40-41H,9-25H2,1-8H3. The first kappa shape index (κ1) is 39.9. The van der Waals surface area contributed by atoms with Crippen LogP contribution in [0.4, 0.5) is 0 Å². The number of rotatable bonds is 26. The Morgan fingerprint density at radius 2 is 0.902 bits per heavy atom. The SMILES string of the molecule is CCCCCC(C)CCC(=O)C(O)(CO)C(O)(C(=O)CCC(C)CCCC(C)C)C(=O)CCC(C)CCCC(C)C. The molecule has 0 amide bonds. The highest BCUT2D eigenvalue weighted by Gasteiger charge is 2.62. The highest BCUT2D eigenvalue weighted by molar-refractivity contribution is 6.16. The summed E-state index contributed by atoms with van der Waals surface area (Å²) in [5.74, 6) is -0.746. The Hall–Kier alpha value is -1.11. The zero-order chi connectivity index (χ0) is 31.6. The molecule has 242 valence electrons. The van der Waals surface area contributed by atoms with Gasteiger partial charge in [0.1, 0.15) is 0 Å². The minimum atomic E-state index is -2.94. The van der Waals surface area contributed by atoms with Crippen molar-refractivity contribution in [2.75, 3.05) is 6.61 Å². The van der Waals surface area contributed by atoms with E-state index in [9.17, 15) is 29.7 Å². The zero-order valence-electron chi connectivity index (χ0n) is 28.0. The third-order valence-electron chi connectivity index (χ3n) is 8.95. The van der Waals surface area contributed by atoms with E-state index in [-0.39, 0.29) is 37.0 Å². The van der Waals surface area contributed by atoms with Crippen LogP contribution in [0.1, 0.15) is 158 Å². The molecule has 0 fully saturated rings. The molecule has 0 saturated heterocycles. The van der Waals surface area contributed by atoms with Crippen LogP contribution in [0, 0.1) is 29.6 Å². The third-order valence-corrected chi connectivity index (χ3v) is 8.95. The number of unbranched alkanes of at least 4 members (excludes halogenated alkanes) is 2. The van der Waals surface area contributed by atoms with Gasteiger partial charge in [-0.15, -0.1) is 0 Å². The monoisotopic (exact) mass is 582 g/mol. The molecule has 0 bridgehead atoms. The van der Waals surface area contributed by atoms with Crippen molar-refractivity contribution in [1.82, 2.24) is 0 Å². The summed E-state index contributed by atoms with van der Waals surface area (Å²) in [7, 11) is 0. The van der Waals surface area contributed by atoms with Crippen molar-refractivity contribution < 1.29 is 29.7 Å². The number of carbonyl (C=O) groups excluding carboxylic acids is 3. The molecular weight excluding hydrogens is 516 g/mol. The Bertz CT molecular complexity index is 709. The second-order valence-electron chi connectivity index (χ2n) is 14.1. The third kappa shape index (κ3) is 14.3. The van der Waals surface area contributed by atoms with Gasteiger partial charge in [-0.3, -0.25) is 14.4 Å². The average Bonchev–Trinajstić information content (AvgIpc) is 2.91. The maximum absolute atomic E-state index is 13.6. The topological polar surface area (TPSA) is 112 Å². The van der Waals surface area contributed by atoms with Gasteiger partial charge in [-0.25, -0.2) is 0 Å². The highest BCUT2D eigenvalue weighted by Crippen LogP contribution is 2.33. The van der Waals surface area contributed by atoms with Gasteiger partial charge in [0.05, 0.1) is 6.61 Å². The van der Waals surface area contributed by atoms with E-state index in [0.717, 1.165) is 64.2 Å². The number of hydrogen-bond donors (Lipinski definition) is 3. The maximum atomic E-state index is 13.6. The largest absolute Gasteiger partial charge is 0.393 e. The number of aliphatic hydroxyl groups excluding tert-OH is 1.